The molecule has 2 heterocycles. The van der Waals surface area contributed by atoms with Crippen LogP contribution in [0.2, 0.25) is 0 Å². The third-order valence-corrected chi connectivity index (χ3v) is 5.00. The van der Waals surface area contributed by atoms with Crippen LogP contribution >= 0.6 is 11.3 Å². The van der Waals surface area contributed by atoms with Crippen molar-refractivity contribution in [2.45, 2.75) is 19.3 Å². The number of fused-ring (bicyclic) bond motifs is 1. The first kappa shape index (κ1) is 14.0. The zero-order chi connectivity index (χ0) is 13.8. The molecule has 0 atom stereocenters. The van der Waals surface area contributed by atoms with Gasteiger partial charge in [-0.15, -0.1) is 11.3 Å². The minimum absolute atomic E-state index is 0.0687. The van der Waals surface area contributed by atoms with Crippen LogP contribution in [-0.2, 0) is 6.42 Å². The predicted octanol–water partition coefficient (Wildman–Crippen LogP) is 3.27. The maximum atomic E-state index is 13.9. The molecule has 4 heteroatoms. The van der Waals surface area contributed by atoms with E-state index in [1.165, 1.54) is 18.5 Å². The van der Waals surface area contributed by atoms with Gasteiger partial charge in [0.1, 0.15) is 5.82 Å². The summed E-state index contributed by atoms with van der Waals surface area (Å²) in [4.78, 5) is 2.52. The Morgan fingerprint density at radius 2 is 2.05 bits per heavy atom. The third-order valence-electron chi connectivity index (χ3n) is 4.00. The van der Waals surface area contributed by atoms with E-state index in [9.17, 15) is 4.39 Å². The molecule has 0 aliphatic carbocycles. The van der Waals surface area contributed by atoms with E-state index in [0.717, 1.165) is 49.1 Å². The molecule has 1 aromatic heterocycles. The van der Waals surface area contributed by atoms with E-state index in [0.29, 0.717) is 0 Å². The van der Waals surface area contributed by atoms with Gasteiger partial charge in [-0.25, -0.2) is 4.39 Å². The standard InChI is InChI=1S/C16H21FN2S/c17-14-5-3-6-15-16(14)13(12-20-15)4-1-2-9-19-10-7-18-8-11-19/h3,5-6,12,18H,1-2,4,7-11H2. The molecule has 2 aromatic rings. The Balaban J connectivity index is 1.52. The summed E-state index contributed by atoms with van der Waals surface area (Å²) in [6.45, 7) is 5.72. The minimum atomic E-state index is -0.0687. The Bertz CT molecular complexity index is 561. The van der Waals surface area contributed by atoms with Gasteiger partial charge in [-0.1, -0.05) is 6.07 Å². The van der Waals surface area contributed by atoms with Crippen LogP contribution < -0.4 is 5.32 Å². The first-order chi connectivity index (χ1) is 9.84. The van der Waals surface area contributed by atoms with E-state index < -0.39 is 0 Å². The fraction of sp³-hybridized carbons (Fsp3) is 0.500. The van der Waals surface area contributed by atoms with Crippen LogP contribution in [0.25, 0.3) is 10.1 Å². The van der Waals surface area contributed by atoms with Gasteiger partial charge in [0.05, 0.1) is 0 Å². The van der Waals surface area contributed by atoms with Crippen LogP contribution in [-0.4, -0.2) is 37.6 Å². The highest BCUT2D eigenvalue weighted by Crippen LogP contribution is 2.29. The van der Waals surface area contributed by atoms with Crippen LogP contribution in [0.15, 0.2) is 23.6 Å². The zero-order valence-electron chi connectivity index (χ0n) is 11.7. The van der Waals surface area contributed by atoms with Crippen LogP contribution in [0, 0.1) is 5.82 Å². The second-order valence-corrected chi connectivity index (χ2v) is 6.33. The molecule has 1 aromatic carbocycles. The highest BCUT2D eigenvalue weighted by Gasteiger charge is 2.10. The number of unbranched alkanes of at least 4 members (excludes halogenated alkanes) is 1. The van der Waals surface area contributed by atoms with Crippen LogP contribution in [0.1, 0.15) is 18.4 Å². The molecule has 0 amide bonds. The molecular weight excluding hydrogens is 271 g/mol. The highest BCUT2D eigenvalue weighted by molar-refractivity contribution is 7.17. The number of benzene rings is 1. The topological polar surface area (TPSA) is 15.3 Å². The van der Waals surface area contributed by atoms with Crippen LogP contribution in [0.5, 0.6) is 0 Å². The SMILES string of the molecule is Fc1cccc2scc(CCCCN3CCNCC3)c12. The van der Waals surface area contributed by atoms with Crippen molar-refractivity contribution in [1.29, 1.82) is 0 Å². The van der Waals surface area contributed by atoms with Gasteiger partial charge in [0.25, 0.3) is 0 Å². The molecule has 0 spiro atoms. The first-order valence-corrected chi connectivity index (χ1v) is 8.30. The molecule has 1 saturated heterocycles. The molecule has 1 aliphatic heterocycles. The van der Waals surface area contributed by atoms with E-state index in [2.05, 4.69) is 15.6 Å². The normalized spacial score (nSPS) is 16.9. The number of thiophene rings is 1. The van der Waals surface area contributed by atoms with Gasteiger partial charge in [0.15, 0.2) is 0 Å². The van der Waals surface area contributed by atoms with Gasteiger partial charge in [-0.05, 0) is 48.9 Å². The lowest BCUT2D eigenvalue weighted by Gasteiger charge is -2.27. The largest absolute Gasteiger partial charge is 0.314 e. The average Bonchev–Trinajstić information content (AvgIpc) is 2.89. The van der Waals surface area contributed by atoms with Gasteiger partial charge >= 0.3 is 0 Å². The number of nitrogens with one attached hydrogen (secondary N) is 1. The quantitative estimate of drug-likeness (QED) is 0.851. The summed E-state index contributed by atoms with van der Waals surface area (Å²) in [5, 5.41) is 6.34. The second-order valence-electron chi connectivity index (χ2n) is 5.42. The Hall–Kier alpha value is -0.970. The number of rotatable bonds is 5. The molecule has 1 aliphatic rings. The van der Waals surface area contributed by atoms with Gasteiger partial charge in [0, 0.05) is 36.3 Å². The van der Waals surface area contributed by atoms with Crippen LogP contribution in [0.3, 0.4) is 0 Å². The minimum Gasteiger partial charge on any atom is -0.314 e. The van der Waals surface area contributed by atoms with Gasteiger partial charge in [0.2, 0.25) is 0 Å². The number of hydrogen-bond donors (Lipinski definition) is 1. The molecular formula is C16H21FN2S. The number of aryl methyl sites for hydroxylation is 1. The van der Waals surface area contributed by atoms with Gasteiger partial charge in [-0.3, -0.25) is 0 Å². The molecule has 20 heavy (non-hydrogen) atoms. The summed E-state index contributed by atoms with van der Waals surface area (Å²) in [7, 11) is 0. The van der Waals surface area contributed by atoms with E-state index in [4.69, 9.17) is 0 Å². The molecule has 0 saturated carbocycles. The number of nitrogens with zero attached hydrogens (tertiary/aromatic N) is 1. The number of hydrogen-bond acceptors (Lipinski definition) is 3. The molecule has 1 fully saturated rings. The smallest absolute Gasteiger partial charge is 0.132 e. The Morgan fingerprint density at radius 1 is 1.20 bits per heavy atom. The van der Waals surface area contributed by atoms with Crippen molar-refractivity contribution < 1.29 is 4.39 Å². The summed E-state index contributed by atoms with van der Waals surface area (Å²) < 4.78 is 14.9. The Kier molecular flexibility index (Phi) is 4.65. The molecule has 0 bridgehead atoms. The lowest BCUT2D eigenvalue weighted by atomic mass is 10.1. The van der Waals surface area contributed by atoms with E-state index >= 15 is 0 Å². The lowest BCUT2D eigenvalue weighted by Crippen LogP contribution is -2.43. The molecule has 3 rings (SSSR count). The molecule has 108 valence electrons. The summed E-state index contributed by atoms with van der Waals surface area (Å²) in [5.41, 5.74) is 1.18. The molecule has 0 radical (unpaired) electrons. The van der Waals surface area contributed by atoms with E-state index in [1.54, 1.807) is 23.5 Å². The van der Waals surface area contributed by atoms with Crippen molar-refractivity contribution in [1.82, 2.24) is 10.2 Å². The highest BCUT2D eigenvalue weighted by atomic mass is 32.1. The fourth-order valence-corrected chi connectivity index (χ4v) is 3.89. The molecule has 2 nitrogen and oxygen atoms in total. The van der Waals surface area contributed by atoms with E-state index in [1.807, 2.05) is 6.07 Å². The van der Waals surface area contributed by atoms with Crippen molar-refractivity contribution in [2.24, 2.45) is 0 Å². The van der Waals surface area contributed by atoms with Crippen molar-refractivity contribution in [3.8, 4) is 0 Å². The summed E-state index contributed by atoms with van der Waals surface area (Å²) in [6, 6.07) is 5.37. The molecule has 1 N–H and O–H groups in total. The Labute approximate surface area is 123 Å². The van der Waals surface area contributed by atoms with Crippen LogP contribution in [0.4, 0.5) is 4.39 Å². The monoisotopic (exact) mass is 292 g/mol. The lowest BCUT2D eigenvalue weighted by molar-refractivity contribution is 0.237. The summed E-state index contributed by atoms with van der Waals surface area (Å²) in [5.74, 6) is -0.0687. The van der Waals surface area contributed by atoms with Crippen molar-refractivity contribution >= 4 is 21.4 Å². The Morgan fingerprint density at radius 3 is 2.90 bits per heavy atom. The van der Waals surface area contributed by atoms with Gasteiger partial charge in [-0.2, -0.15) is 0 Å². The van der Waals surface area contributed by atoms with Crippen molar-refractivity contribution in [3.05, 3.63) is 35.0 Å². The predicted molar refractivity (Wildman–Crippen MR) is 84.0 cm³/mol. The maximum absolute atomic E-state index is 13.9. The second kappa shape index (κ2) is 6.66. The average molecular weight is 292 g/mol. The molecule has 0 unspecified atom stereocenters. The first-order valence-electron chi connectivity index (χ1n) is 7.42. The maximum Gasteiger partial charge on any atom is 0.132 e. The zero-order valence-corrected chi connectivity index (χ0v) is 12.5. The number of piperazine rings is 1. The summed E-state index contributed by atoms with van der Waals surface area (Å²) in [6.07, 6.45) is 3.34. The third kappa shape index (κ3) is 3.19. The van der Waals surface area contributed by atoms with E-state index in [-0.39, 0.29) is 5.82 Å². The summed E-state index contributed by atoms with van der Waals surface area (Å²) >= 11 is 1.66. The van der Waals surface area contributed by atoms with Crippen molar-refractivity contribution in [2.75, 3.05) is 32.7 Å². The van der Waals surface area contributed by atoms with Gasteiger partial charge < -0.3 is 10.2 Å². The fourth-order valence-electron chi connectivity index (χ4n) is 2.88. The number of halogens is 1. The van der Waals surface area contributed by atoms with Crippen molar-refractivity contribution in [3.63, 3.8) is 0 Å².